The first kappa shape index (κ1) is 28.7. The SMILES string of the molecule is CN1CCN(C(=O)[C@H](CCCC(=O)C[C@H]2C[C@@H]2c2ccc(F)cc2)NC(=O)c2ccc(-c3ccccc3)cc2)CC1. The minimum Gasteiger partial charge on any atom is -0.340 e. The van der Waals surface area contributed by atoms with Crippen LogP contribution in [-0.2, 0) is 9.59 Å². The molecule has 1 aliphatic heterocycles. The second-order valence-electron chi connectivity index (χ2n) is 11.4. The zero-order chi connectivity index (χ0) is 28.8. The van der Waals surface area contributed by atoms with E-state index in [9.17, 15) is 18.8 Å². The van der Waals surface area contributed by atoms with Gasteiger partial charge in [0.25, 0.3) is 5.91 Å². The summed E-state index contributed by atoms with van der Waals surface area (Å²) < 4.78 is 13.2. The Hall–Kier alpha value is -3.84. The number of halogens is 1. The number of benzene rings is 3. The zero-order valence-corrected chi connectivity index (χ0v) is 23.6. The van der Waals surface area contributed by atoms with Crippen molar-refractivity contribution in [2.45, 2.75) is 44.1 Å². The van der Waals surface area contributed by atoms with E-state index >= 15 is 0 Å². The van der Waals surface area contributed by atoms with Crippen molar-refractivity contribution in [3.05, 3.63) is 95.8 Å². The highest BCUT2D eigenvalue weighted by molar-refractivity contribution is 5.98. The van der Waals surface area contributed by atoms with Crippen molar-refractivity contribution in [1.82, 2.24) is 15.1 Å². The predicted molar refractivity (Wildman–Crippen MR) is 158 cm³/mol. The third kappa shape index (κ3) is 7.67. The summed E-state index contributed by atoms with van der Waals surface area (Å²) in [5, 5.41) is 2.98. The molecule has 0 aromatic heterocycles. The standard InChI is InChI=1S/C34H38FN3O3/c1-37-18-20-38(21-19-37)34(41)32(36-33(40)27-12-10-25(11-13-27)24-6-3-2-4-7-24)9-5-8-30(39)22-28-23-31(28)26-14-16-29(35)17-15-26/h2-4,6-7,10-17,28,31-32H,5,8-9,18-23H2,1H3,(H,36,40)/t28-,31+,32-/m0/s1. The summed E-state index contributed by atoms with van der Waals surface area (Å²) in [5.41, 5.74) is 3.67. The average Bonchev–Trinajstić information content (AvgIpc) is 3.76. The van der Waals surface area contributed by atoms with Crippen LogP contribution in [-0.4, -0.2) is 66.7 Å². The molecule has 1 heterocycles. The molecule has 0 radical (unpaired) electrons. The number of amides is 2. The van der Waals surface area contributed by atoms with E-state index in [0.29, 0.717) is 56.2 Å². The Balaban J connectivity index is 1.16. The largest absolute Gasteiger partial charge is 0.340 e. The molecule has 7 heteroatoms. The number of ketones is 1. The van der Waals surface area contributed by atoms with Gasteiger partial charge < -0.3 is 15.1 Å². The molecule has 3 aromatic carbocycles. The Labute approximate surface area is 241 Å². The smallest absolute Gasteiger partial charge is 0.251 e. The van der Waals surface area contributed by atoms with E-state index in [0.717, 1.165) is 36.2 Å². The molecule has 3 atom stereocenters. The number of Topliss-reactive ketones (excluding diaryl/α,β-unsaturated/α-hetero) is 1. The lowest BCUT2D eigenvalue weighted by molar-refractivity contribution is -0.135. The number of likely N-dealkylation sites (N-methyl/N-ethyl adjacent to an activating group) is 1. The van der Waals surface area contributed by atoms with Crippen LogP contribution < -0.4 is 5.32 Å². The third-order valence-electron chi connectivity index (χ3n) is 8.33. The highest BCUT2D eigenvalue weighted by atomic mass is 19.1. The van der Waals surface area contributed by atoms with Gasteiger partial charge in [0, 0.05) is 44.6 Å². The number of nitrogens with one attached hydrogen (secondary N) is 1. The van der Waals surface area contributed by atoms with Gasteiger partial charge in [-0.05, 0) is 79.1 Å². The summed E-state index contributed by atoms with van der Waals surface area (Å²) in [6, 6.07) is 23.2. The number of carbonyl (C=O) groups excluding carboxylic acids is 3. The van der Waals surface area contributed by atoms with Crippen molar-refractivity contribution in [3.63, 3.8) is 0 Å². The van der Waals surface area contributed by atoms with Gasteiger partial charge in [0.15, 0.2) is 0 Å². The van der Waals surface area contributed by atoms with E-state index in [-0.39, 0.29) is 23.4 Å². The van der Waals surface area contributed by atoms with Crippen molar-refractivity contribution in [2.24, 2.45) is 5.92 Å². The van der Waals surface area contributed by atoms with Crippen LogP contribution in [0.25, 0.3) is 11.1 Å². The van der Waals surface area contributed by atoms with Gasteiger partial charge in [-0.25, -0.2) is 4.39 Å². The van der Waals surface area contributed by atoms with Crippen LogP contribution in [0.5, 0.6) is 0 Å². The fourth-order valence-electron chi connectivity index (χ4n) is 5.68. The van der Waals surface area contributed by atoms with Gasteiger partial charge in [0.1, 0.15) is 17.6 Å². The molecule has 2 aliphatic rings. The molecule has 1 saturated carbocycles. The Bertz CT molecular complexity index is 1340. The molecule has 41 heavy (non-hydrogen) atoms. The highest BCUT2D eigenvalue weighted by Crippen LogP contribution is 2.49. The Morgan fingerprint density at radius 1 is 0.878 bits per heavy atom. The van der Waals surface area contributed by atoms with E-state index in [2.05, 4.69) is 10.2 Å². The molecule has 1 N–H and O–H groups in total. The van der Waals surface area contributed by atoms with Crippen LogP contribution in [0.3, 0.4) is 0 Å². The maximum absolute atomic E-state index is 13.5. The first-order chi connectivity index (χ1) is 19.9. The van der Waals surface area contributed by atoms with Crippen molar-refractivity contribution >= 4 is 17.6 Å². The van der Waals surface area contributed by atoms with E-state index in [1.165, 1.54) is 12.1 Å². The van der Waals surface area contributed by atoms with Gasteiger partial charge in [0.2, 0.25) is 5.91 Å². The summed E-state index contributed by atoms with van der Waals surface area (Å²) in [5.74, 6) is 0.169. The van der Waals surface area contributed by atoms with Gasteiger partial charge in [-0.2, -0.15) is 0 Å². The molecule has 214 valence electrons. The predicted octanol–water partition coefficient (Wildman–Crippen LogP) is 5.30. The molecular formula is C34H38FN3O3. The monoisotopic (exact) mass is 555 g/mol. The van der Waals surface area contributed by atoms with Crippen LogP contribution in [0.15, 0.2) is 78.9 Å². The number of nitrogens with zero attached hydrogens (tertiary/aromatic N) is 2. The van der Waals surface area contributed by atoms with E-state index in [1.54, 1.807) is 24.3 Å². The van der Waals surface area contributed by atoms with Crippen LogP contribution >= 0.6 is 0 Å². The Morgan fingerprint density at radius 3 is 2.22 bits per heavy atom. The molecule has 0 bridgehead atoms. The maximum atomic E-state index is 13.5. The van der Waals surface area contributed by atoms with E-state index < -0.39 is 6.04 Å². The number of rotatable bonds is 11. The van der Waals surface area contributed by atoms with E-state index in [4.69, 9.17) is 0 Å². The van der Waals surface area contributed by atoms with Crippen LogP contribution in [0.4, 0.5) is 4.39 Å². The fraction of sp³-hybridized carbons (Fsp3) is 0.382. The fourth-order valence-corrected chi connectivity index (χ4v) is 5.68. The normalized spacial score (nSPS) is 19.4. The molecule has 3 aromatic rings. The Morgan fingerprint density at radius 2 is 1.54 bits per heavy atom. The summed E-state index contributed by atoms with van der Waals surface area (Å²) in [6.07, 6.45) is 2.77. The van der Waals surface area contributed by atoms with Gasteiger partial charge >= 0.3 is 0 Å². The second-order valence-corrected chi connectivity index (χ2v) is 11.4. The van der Waals surface area contributed by atoms with Crippen LogP contribution in [0, 0.1) is 11.7 Å². The lowest BCUT2D eigenvalue weighted by Crippen LogP contribution is -2.54. The second kappa shape index (κ2) is 13.2. The lowest BCUT2D eigenvalue weighted by atomic mass is 10.0. The topological polar surface area (TPSA) is 69.7 Å². The molecule has 2 amide bonds. The lowest BCUT2D eigenvalue weighted by Gasteiger charge is -2.34. The maximum Gasteiger partial charge on any atom is 0.251 e. The Kier molecular flexibility index (Phi) is 9.24. The average molecular weight is 556 g/mol. The number of piperazine rings is 1. The molecule has 1 saturated heterocycles. The first-order valence-electron chi connectivity index (χ1n) is 14.6. The highest BCUT2D eigenvalue weighted by Gasteiger charge is 2.39. The van der Waals surface area contributed by atoms with Gasteiger partial charge in [-0.1, -0.05) is 54.6 Å². The molecule has 0 spiro atoms. The first-order valence-corrected chi connectivity index (χ1v) is 14.6. The number of carbonyl (C=O) groups is 3. The summed E-state index contributed by atoms with van der Waals surface area (Å²) in [7, 11) is 2.03. The number of hydrogen-bond acceptors (Lipinski definition) is 4. The summed E-state index contributed by atoms with van der Waals surface area (Å²) in [4.78, 5) is 43.4. The molecule has 5 rings (SSSR count). The number of hydrogen-bond donors (Lipinski definition) is 1. The minimum atomic E-state index is -0.680. The van der Waals surface area contributed by atoms with Crippen LogP contribution in [0.2, 0.25) is 0 Å². The molecule has 1 aliphatic carbocycles. The molecule has 6 nitrogen and oxygen atoms in total. The van der Waals surface area contributed by atoms with Crippen LogP contribution in [0.1, 0.15) is 53.9 Å². The minimum absolute atomic E-state index is 0.0848. The van der Waals surface area contributed by atoms with Gasteiger partial charge in [-0.3, -0.25) is 14.4 Å². The van der Waals surface area contributed by atoms with E-state index in [1.807, 2.05) is 54.4 Å². The third-order valence-corrected chi connectivity index (χ3v) is 8.33. The molecule has 2 fully saturated rings. The quantitative estimate of drug-likeness (QED) is 0.349. The van der Waals surface area contributed by atoms with Crippen molar-refractivity contribution < 1.29 is 18.8 Å². The zero-order valence-electron chi connectivity index (χ0n) is 23.6. The van der Waals surface area contributed by atoms with Crippen molar-refractivity contribution in [3.8, 4) is 11.1 Å². The molecular weight excluding hydrogens is 517 g/mol. The van der Waals surface area contributed by atoms with Crippen molar-refractivity contribution in [2.75, 3.05) is 33.2 Å². The van der Waals surface area contributed by atoms with Crippen molar-refractivity contribution in [1.29, 1.82) is 0 Å². The molecule has 0 unspecified atom stereocenters. The summed E-state index contributed by atoms with van der Waals surface area (Å²) >= 11 is 0. The van der Waals surface area contributed by atoms with Gasteiger partial charge in [0.05, 0.1) is 0 Å². The van der Waals surface area contributed by atoms with Gasteiger partial charge in [-0.15, -0.1) is 0 Å². The summed E-state index contributed by atoms with van der Waals surface area (Å²) in [6.45, 7) is 2.84.